The van der Waals surface area contributed by atoms with Gasteiger partial charge in [0.1, 0.15) is 17.5 Å². The van der Waals surface area contributed by atoms with Crippen molar-refractivity contribution in [3.63, 3.8) is 0 Å². The molecule has 4 rings (SSSR count). The highest BCUT2D eigenvalue weighted by Gasteiger charge is 2.28. The average molecular weight is 482 g/mol. The van der Waals surface area contributed by atoms with Crippen LogP contribution < -0.4 is 10.6 Å². The van der Waals surface area contributed by atoms with E-state index >= 15 is 0 Å². The molecular formula is C24H35N9O2. The maximum Gasteiger partial charge on any atom is 0.409 e. The first-order valence-corrected chi connectivity index (χ1v) is 12.2. The molecule has 0 spiro atoms. The minimum Gasteiger partial charge on any atom is -0.449 e. The number of ether oxygens (including phenoxy) is 1. The van der Waals surface area contributed by atoms with E-state index in [1.165, 1.54) is 6.20 Å². The van der Waals surface area contributed by atoms with E-state index in [9.17, 15) is 10.1 Å². The minimum absolute atomic E-state index is 0.00296. The quantitative estimate of drug-likeness (QED) is 0.547. The van der Waals surface area contributed by atoms with Gasteiger partial charge in [-0.2, -0.15) is 15.3 Å². The van der Waals surface area contributed by atoms with Gasteiger partial charge in [0.15, 0.2) is 0 Å². The molecule has 0 aromatic carbocycles. The molecule has 2 fully saturated rings. The summed E-state index contributed by atoms with van der Waals surface area (Å²) in [7, 11) is 2.12. The smallest absolute Gasteiger partial charge is 0.409 e. The van der Waals surface area contributed by atoms with Gasteiger partial charge in [0, 0.05) is 37.8 Å². The molecule has 2 aliphatic rings. The van der Waals surface area contributed by atoms with Gasteiger partial charge < -0.3 is 25.2 Å². The number of nitrogens with zero attached hydrogens (tertiary/aromatic N) is 7. The van der Waals surface area contributed by atoms with Gasteiger partial charge in [0.25, 0.3) is 0 Å². The Morgan fingerprint density at radius 1 is 1.34 bits per heavy atom. The van der Waals surface area contributed by atoms with Crippen LogP contribution in [0.5, 0.6) is 0 Å². The van der Waals surface area contributed by atoms with Crippen molar-refractivity contribution >= 4 is 23.5 Å². The molecule has 2 aromatic rings. The molecule has 11 heteroatoms. The third-order valence-electron chi connectivity index (χ3n) is 6.61. The molecule has 2 N–H and O–H groups in total. The maximum absolute atomic E-state index is 12.2. The number of nitriles is 1. The molecule has 0 saturated carbocycles. The van der Waals surface area contributed by atoms with E-state index in [1.807, 2.05) is 17.8 Å². The van der Waals surface area contributed by atoms with Crippen molar-refractivity contribution in [2.45, 2.75) is 46.1 Å². The number of aromatic nitrogens is 4. The summed E-state index contributed by atoms with van der Waals surface area (Å²) in [4.78, 5) is 25.1. The van der Waals surface area contributed by atoms with Crippen LogP contribution in [0, 0.1) is 23.7 Å². The van der Waals surface area contributed by atoms with E-state index in [4.69, 9.17) is 4.74 Å². The third-order valence-corrected chi connectivity index (χ3v) is 6.61. The van der Waals surface area contributed by atoms with Gasteiger partial charge in [0.05, 0.1) is 30.2 Å². The van der Waals surface area contributed by atoms with Crippen molar-refractivity contribution in [1.82, 2.24) is 29.5 Å². The van der Waals surface area contributed by atoms with Gasteiger partial charge in [-0.1, -0.05) is 13.8 Å². The Kier molecular flexibility index (Phi) is 7.40. The van der Waals surface area contributed by atoms with E-state index in [2.05, 4.69) is 57.6 Å². The minimum atomic E-state index is -0.262. The fraction of sp³-hybridized carbons (Fsp3) is 0.625. The highest BCUT2D eigenvalue weighted by molar-refractivity contribution is 5.68. The highest BCUT2D eigenvalue weighted by Crippen LogP contribution is 2.26. The lowest BCUT2D eigenvalue weighted by Gasteiger charge is -2.20. The van der Waals surface area contributed by atoms with Crippen LogP contribution in [0.1, 0.15) is 50.4 Å². The molecule has 11 nitrogen and oxygen atoms in total. The molecular weight excluding hydrogens is 446 g/mol. The van der Waals surface area contributed by atoms with Crippen LogP contribution in [0.4, 0.5) is 22.2 Å². The number of cyclic esters (lactones) is 1. The molecule has 35 heavy (non-hydrogen) atoms. The standard InChI is InChI=1S/C24H35N9O2/c1-17-20(15-33(30-17)19-6-10-31(4)14-19)28-22-27-13-18(12-25)21(29-22)26-8-5-9-32-11-7-24(2,3)16-35-23(32)34/h13,15,19H,5-11,14,16H2,1-4H3,(H2,26,27,28,29). The van der Waals surface area contributed by atoms with Gasteiger partial charge in [-0.15, -0.1) is 0 Å². The zero-order chi connectivity index (χ0) is 25.0. The fourth-order valence-electron chi connectivity index (χ4n) is 4.33. The van der Waals surface area contributed by atoms with Gasteiger partial charge in [-0.25, -0.2) is 9.78 Å². The summed E-state index contributed by atoms with van der Waals surface area (Å²) in [6.07, 6.45) is 5.92. The number of likely N-dealkylation sites (tertiary alicyclic amines) is 1. The van der Waals surface area contributed by atoms with Crippen LogP contribution >= 0.6 is 0 Å². The summed E-state index contributed by atoms with van der Waals surface area (Å²) in [6.45, 7) is 10.5. The first-order valence-electron chi connectivity index (χ1n) is 12.2. The Morgan fingerprint density at radius 2 is 2.17 bits per heavy atom. The second-order valence-electron chi connectivity index (χ2n) is 10.2. The molecule has 2 aliphatic heterocycles. The molecule has 4 heterocycles. The lowest BCUT2D eigenvalue weighted by molar-refractivity contribution is 0.0938. The Balaban J connectivity index is 1.35. The summed E-state index contributed by atoms with van der Waals surface area (Å²) in [5.41, 5.74) is 2.08. The molecule has 1 atom stereocenters. The van der Waals surface area contributed by atoms with E-state index in [-0.39, 0.29) is 11.5 Å². The number of amides is 1. The topological polar surface area (TPSA) is 124 Å². The molecule has 0 aliphatic carbocycles. The van der Waals surface area contributed by atoms with E-state index in [0.717, 1.165) is 37.3 Å². The van der Waals surface area contributed by atoms with Crippen molar-refractivity contribution in [3.05, 3.63) is 23.7 Å². The van der Waals surface area contributed by atoms with Crippen LogP contribution in [-0.2, 0) is 4.74 Å². The van der Waals surface area contributed by atoms with Crippen molar-refractivity contribution in [2.24, 2.45) is 5.41 Å². The number of carbonyl (C=O) groups is 1. The number of aryl methyl sites for hydroxylation is 1. The summed E-state index contributed by atoms with van der Waals surface area (Å²) in [6, 6.07) is 2.50. The number of likely N-dealkylation sites (N-methyl/N-ethyl adjacent to an activating group) is 1. The zero-order valence-electron chi connectivity index (χ0n) is 21.0. The van der Waals surface area contributed by atoms with Gasteiger partial charge >= 0.3 is 6.09 Å². The fourth-order valence-corrected chi connectivity index (χ4v) is 4.33. The molecule has 188 valence electrons. The number of carbonyl (C=O) groups excluding carboxylic acids is 1. The SMILES string of the molecule is Cc1nn(C2CCN(C)C2)cc1Nc1ncc(C#N)c(NCCCN2CCC(C)(C)COC2=O)n1. The van der Waals surface area contributed by atoms with Crippen molar-refractivity contribution in [2.75, 3.05) is 57.0 Å². The van der Waals surface area contributed by atoms with Gasteiger partial charge in [-0.3, -0.25) is 4.68 Å². The lowest BCUT2D eigenvalue weighted by Crippen LogP contribution is -2.32. The van der Waals surface area contributed by atoms with E-state index in [1.54, 1.807) is 4.90 Å². The summed E-state index contributed by atoms with van der Waals surface area (Å²) < 4.78 is 7.40. The normalized spacial score (nSPS) is 20.3. The van der Waals surface area contributed by atoms with Crippen LogP contribution in [0.3, 0.4) is 0 Å². The Labute approximate surface area is 206 Å². The highest BCUT2D eigenvalue weighted by atomic mass is 16.6. The first kappa shape index (κ1) is 24.7. The van der Waals surface area contributed by atoms with Crippen LogP contribution in [0.25, 0.3) is 0 Å². The summed E-state index contributed by atoms with van der Waals surface area (Å²) >= 11 is 0. The number of hydrogen-bond acceptors (Lipinski definition) is 9. The first-order chi connectivity index (χ1) is 16.7. The molecule has 0 bridgehead atoms. The largest absolute Gasteiger partial charge is 0.449 e. The molecule has 1 amide bonds. The maximum atomic E-state index is 12.2. The van der Waals surface area contributed by atoms with Crippen molar-refractivity contribution in [1.29, 1.82) is 5.26 Å². The second-order valence-corrected chi connectivity index (χ2v) is 10.2. The predicted octanol–water partition coefficient (Wildman–Crippen LogP) is 3.14. The van der Waals surface area contributed by atoms with Crippen LogP contribution in [0.2, 0.25) is 0 Å². The second kappa shape index (κ2) is 10.5. The van der Waals surface area contributed by atoms with E-state index < -0.39 is 0 Å². The number of nitrogens with one attached hydrogen (secondary N) is 2. The molecule has 2 saturated heterocycles. The number of rotatable bonds is 8. The van der Waals surface area contributed by atoms with E-state index in [0.29, 0.717) is 56.0 Å². The Morgan fingerprint density at radius 3 is 2.91 bits per heavy atom. The van der Waals surface area contributed by atoms with Crippen LogP contribution in [-0.4, -0.2) is 82.0 Å². The molecule has 2 aromatic heterocycles. The van der Waals surface area contributed by atoms with Gasteiger partial charge in [-0.05, 0) is 39.8 Å². The summed E-state index contributed by atoms with van der Waals surface area (Å²) in [5.74, 6) is 0.864. The van der Waals surface area contributed by atoms with Gasteiger partial charge in [0.2, 0.25) is 5.95 Å². The van der Waals surface area contributed by atoms with Crippen molar-refractivity contribution in [3.8, 4) is 6.07 Å². The molecule has 0 radical (unpaired) electrons. The summed E-state index contributed by atoms with van der Waals surface area (Å²) in [5, 5.41) is 20.6. The zero-order valence-corrected chi connectivity index (χ0v) is 21.0. The Bertz CT molecular complexity index is 1090. The Hall–Kier alpha value is -3.39. The van der Waals surface area contributed by atoms with Crippen molar-refractivity contribution < 1.29 is 9.53 Å². The number of hydrogen-bond donors (Lipinski definition) is 2. The average Bonchev–Trinajstić information content (AvgIpc) is 3.39. The lowest BCUT2D eigenvalue weighted by atomic mass is 9.91. The third kappa shape index (κ3) is 6.19. The van der Waals surface area contributed by atoms with Crippen LogP contribution in [0.15, 0.2) is 12.4 Å². The molecule has 1 unspecified atom stereocenters. The predicted molar refractivity (Wildman–Crippen MR) is 133 cm³/mol. The monoisotopic (exact) mass is 481 g/mol. The number of anilines is 3.